The van der Waals surface area contributed by atoms with Crippen molar-refractivity contribution in [2.75, 3.05) is 0 Å². The number of H-pyrrole nitrogens is 1. The van der Waals surface area contributed by atoms with E-state index in [9.17, 15) is 5.11 Å². The summed E-state index contributed by atoms with van der Waals surface area (Å²) in [4.78, 5) is 11.2. The molecule has 0 unspecified atom stereocenters. The largest absolute Gasteiger partial charge is 0.494 e. The quantitative estimate of drug-likeness (QED) is 0.679. The lowest BCUT2D eigenvalue weighted by molar-refractivity contribution is 0.457. The summed E-state index contributed by atoms with van der Waals surface area (Å²) in [6.45, 7) is 0. The Hall–Kier alpha value is -2.14. The normalized spacial score (nSPS) is 11.5. The van der Waals surface area contributed by atoms with Crippen LogP contribution in [0.1, 0.15) is 5.56 Å². The van der Waals surface area contributed by atoms with E-state index in [1.165, 1.54) is 11.3 Å². The number of benzene rings is 1. The number of nitrogens with one attached hydrogen (secondary N) is 1. The van der Waals surface area contributed by atoms with Crippen molar-refractivity contribution in [1.29, 1.82) is 0 Å². The summed E-state index contributed by atoms with van der Waals surface area (Å²) in [6, 6.07) is 7.70. The van der Waals surface area contributed by atoms with Gasteiger partial charge in [-0.25, -0.2) is 9.98 Å². The number of hydrogen-bond donors (Lipinski definition) is 2. The molecule has 0 spiro atoms. The predicted octanol–water partition coefficient (Wildman–Crippen LogP) is 3.08. The van der Waals surface area contributed by atoms with Crippen molar-refractivity contribution in [3.05, 3.63) is 41.4 Å². The lowest BCUT2D eigenvalue weighted by atomic mass is 10.2. The van der Waals surface area contributed by atoms with Crippen molar-refractivity contribution in [2.24, 2.45) is 4.99 Å². The van der Waals surface area contributed by atoms with Gasteiger partial charge in [0, 0.05) is 28.7 Å². The van der Waals surface area contributed by atoms with Gasteiger partial charge in [0.25, 0.3) is 0 Å². The van der Waals surface area contributed by atoms with E-state index in [2.05, 4.69) is 15.0 Å². The Morgan fingerprint density at radius 2 is 2.24 bits per heavy atom. The van der Waals surface area contributed by atoms with Crippen LogP contribution in [0.3, 0.4) is 0 Å². The van der Waals surface area contributed by atoms with Crippen molar-refractivity contribution < 1.29 is 5.11 Å². The number of rotatable bonds is 2. The van der Waals surface area contributed by atoms with E-state index >= 15 is 0 Å². The van der Waals surface area contributed by atoms with Gasteiger partial charge in [-0.05, 0) is 6.07 Å². The van der Waals surface area contributed by atoms with Gasteiger partial charge in [-0.2, -0.15) is 0 Å². The fraction of sp³-hybridized carbons (Fsp3) is 0. The molecule has 0 aliphatic rings. The summed E-state index contributed by atoms with van der Waals surface area (Å²) in [5.74, 6) is 0.131. The average Bonchev–Trinajstić information content (AvgIpc) is 2.93. The maximum absolute atomic E-state index is 9.80. The van der Waals surface area contributed by atoms with Gasteiger partial charge < -0.3 is 10.1 Å². The average molecular weight is 243 g/mol. The van der Waals surface area contributed by atoms with Crippen molar-refractivity contribution in [1.82, 2.24) is 9.97 Å². The summed E-state index contributed by atoms with van der Waals surface area (Å²) in [5, 5.41) is 13.3. The maximum Gasteiger partial charge on any atom is 0.209 e. The number of aromatic nitrogens is 2. The summed E-state index contributed by atoms with van der Waals surface area (Å²) in [6.07, 6.45) is 3.33. The first kappa shape index (κ1) is 10.0. The molecule has 0 atom stereocenters. The highest BCUT2D eigenvalue weighted by Crippen LogP contribution is 2.26. The molecular formula is C12H9N3OS. The van der Waals surface area contributed by atoms with Crippen LogP contribution in [0.25, 0.3) is 10.9 Å². The summed E-state index contributed by atoms with van der Waals surface area (Å²) in [7, 11) is 0. The van der Waals surface area contributed by atoms with E-state index in [1.54, 1.807) is 12.4 Å². The molecule has 0 radical (unpaired) electrons. The number of para-hydroxylation sites is 1. The third-order valence-electron chi connectivity index (χ3n) is 2.45. The van der Waals surface area contributed by atoms with Crippen LogP contribution in [0.4, 0.5) is 5.13 Å². The monoisotopic (exact) mass is 243 g/mol. The van der Waals surface area contributed by atoms with Gasteiger partial charge in [0.05, 0.1) is 5.56 Å². The fourth-order valence-corrected chi connectivity index (χ4v) is 2.16. The van der Waals surface area contributed by atoms with Gasteiger partial charge in [0.15, 0.2) is 5.88 Å². The zero-order valence-electron chi connectivity index (χ0n) is 8.79. The van der Waals surface area contributed by atoms with E-state index in [0.717, 1.165) is 10.9 Å². The van der Waals surface area contributed by atoms with Crippen LogP contribution in [-0.2, 0) is 0 Å². The minimum absolute atomic E-state index is 0.131. The molecule has 2 N–H and O–H groups in total. The molecule has 84 valence electrons. The van der Waals surface area contributed by atoms with Crippen molar-refractivity contribution >= 4 is 33.6 Å². The zero-order valence-corrected chi connectivity index (χ0v) is 9.61. The number of thiazole rings is 1. The van der Waals surface area contributed by atoms with E-state index in [-0.39, 0.29) is 5.88 Å². The molecule has 3 aromatic rings. The van der Waals surface area contributed by atoms with Crippen LogP contribution >= 0.6 is 11.3 Å². The van der Waals surface area contributed by atoms with Crippen LogP contribution in [0.5, 0.6) is 5.88 Å². The number of aliphatic imine (C=N–C) groups is 1. The van der Waals surface area contributed by atoms with Gasteiger partial charge in [0.2, 0.25) is 5.13 Å². The Bertz CT molecular complexity index is 670. The maximum atomic E-state index is 9.80. The molecule has 2 aromatic heterocycles. The number of aromatic amines is 1. The number of fused-ring (bicyclic) bond motifs is 1. The topological polar surface area (TPSA) is 61.3 Å². The summed E-state index contributed by atoms with van der Waals surface area (Å²) < 4.78 is 0. The first-order chi connectivity index (χ1) is 8.34. The van der Waals surface area contributed by atoms with Gasteiger partial charge in [-0.1, -0.05) is 18.2 Å². The Morgan fingerprint density at radius 3 is 3.06 bits per heavy atom. The molecule has 17 heavy (non-hydrogen) atoms. The van der Waals surface area contributed by atoms with Crippen LogP contribution in [0.2, 0.25) is 0 Å². The van der Waals surface area contributed by atoms with Crippen LogP contribution < -0.4 is 0 Å². The minimum Gasteiger partial charge on any atom is -0.494 e. The Kier molecular flexibility index (Phi) is 2.38. The van der Waals surface area contributed by atoms with E-state index in [1.807, 2.05) is 29.6 Å². The van der Waals surface area contributed by atoms with Crippen molar-refractivity contribution in [3.8, 4) is 5.88 Å². The first-order valence-electron chi connectivity index (χ1n) is 5.08. The fourth-order valence-electron chi connectivity index (χ4n) is 1.68. The van der Waals surface area contributed by atoms with Gasteiger partial charge in [-0.3, -0.25) is 0 Å². The molecule has 0 bridgehead atoms. The molecule has 1 aromatic carbocycles. The molecule has 4 nitrogen and oxygen atoms in total. The first-order valence-corrected chi connectivity index (χ1v) is 5.96. The van der Waals surface area contributed by atoms with Crippen LogP contribution in [0.15, 0.2) is 40.8 Å². The van der Waals surface area contributed by atoms with Gasteiger partial charge in [0.1, 0.15) is 0 Å². The van der Waals surface area contributed by atoms with Crippen LogP contribution in [0, 0.1) is 0 Å². The standard InChI is InChI=1S/C12H9N3OS/c16-11-9(7-14-12-13-5-6-17-12)8-3-1-2-4-10(8)15-11/h1-7,15-16H/b14-7+. The minimum atomic E-state index is 0.131. The SMILES string of the molecule is Oc1[nH]c2ccccc2c1/C=N/c1nccs1. The molecule has 2 heterocycles. The van der Waals surface area contributed by atoms with E-state index < -0.39 is 0 Å². The highest BCUT2D eigenvalue weighted by molar-refractivity contribution is 7.13. The highest BCUT2D eigenvalue weighted by atomic mass is 32.1. The van der Waals surface area contributed by atoms with E-state index in [0.29, 0.717) is 10.7 Å². The zero-order chi connectivity index (χ0) is 11.7. The second-order valence-corrected chi connectivity index (χ2v) is 4.38. The Labute approximate surface area is 101 Å². The van der Waals surface area contributed by atoms with Crippen molar-refractivity contribution in [2.45, 2.75) is 0 Å². The second kappa shape index (κ2) is 4.03. The predicted molar refractivity (Wildman–Crippen MR) is 69.3 cm³/mol. The molecular weight excluding hydrogens is 234 g/mol. The summed E-state index contributed by atoms with van der Waals surface area (Å²) >= 11 is 1.46. The number of aromatic hydroxyl groups is 1. The smallest absolute Gasteiger partial charge is 0.209 e. The molecule has 3 rings (SSSR count). The molecule has 0 aliphatic carbocycles. The van der Waals surface area contributed by atoms with Gasteiger partial charge >= 0.3 is 0 Å². The third-order valence-corrected chi connectivity index (χ3v) is 3.13. The molecule has 0 fully saturated rings. The number of hydrogen-bond acceptors (Lipinski definition) is 4. The molecule has 0 saturated carbocycles. The van der Waals surface area contributed by atoms with Crippen LogP contribution in [-0.4, -0.2) is 21.3 Å². The highest BCUT2D eigenvalue weighted by Gasteiger charge is 2.07. The molecule has 0 saturated heterocycles. The molecule has 5 heteroatoms. The lowest BCUT2D eigenvalue weighted by Crippen LogP contribution is -1.78. The second-order valence-electron chi connectivity index (χ2n) is 3.51. The Morgan fingerprint density at radius 1 is 1.35 bits per heavy atom. The number of nitrogens with zero attached hydrogens (tertiary/aromatic N) is 2. The molecule has 0 amide bonds. The third kappa shape index (κ3) is 1.81. The van der Waals surface area contributed by atoms with Gasteiger partial charge in [-0.15, -0.1) is 11.3 Å². The lowest BCUT2D eigenvalue weighted by Gasteiger charge is -1.90. The Balaban J connectivity index is 2.08. The summed E-state index contributed by atoms with van der Waals surface area (Å²) in [5.41, 5.74) is 1.58. The molecule has 0 aliphatic heterocycles. The van der Waals surface area contributed by atoms with E-state index in [4.69, 9.17) is 0 Å². The van der Waals surface area contributed by atoms with Crippen molar-refractivity contribution in [3.63, 3.8) is 0 Å².